The van der Waals surface area contributed by atoms with Gasteiger partial charge in [-0.1, -0.05) is 6.92 Å². The van der Waals surface area contributed by atoms with Crippen LogP contribution in [0.5, 0.6) is 0 Å². The van der Waals surface area contributed by atoms with Crippen molar-refractivity contribution in [3.05, 3.63) is 0 Å². The summed E-state index contributed by atoms with van der Waals surface area (Å²) >= 11 is 0. The Balaban J connectivity index is 2.28. The minimum atomic E-state index is 0.232. The lowest BCUT2D eigenvalue weighted by molar-refractivity contribution is -0.135. The number of amides is 1. The van der Waals surface area contributed by atoms with Gasteiger partial charge in [0.05, 0.1) is 6.10 Å². The van der Waals surface area contributed by atoms with Crippen molar-refractivity contribution in [3.63, 3.8) is 0 Å². The van der Waals surface area contributed by atoms with E-state index in [9.17, 15) is 4.79 Å². The van der Waals surface area contributed by atoms with E-state index in [0.717, 1.165) is 45.4 Å². The Morgan fingerprint density at radius 2 is 2.38 bits per heavy atom. The molecule has 1 atom stereocenters. The van der Waals surface area contributed by atoms with Gasteiger partial charge < -0.3 is 15.4 Å². The third-order valence-electron chi connectivity index (χ3n) is 2.88. The Labute approximate surface area is 98.1 Å². The molecule has 0 aromatic rings. The van der Waals surface area contributed by atoms with Crippen molar-refractivity contribution in [1.29, 1.82) is 0 Å². The highest BCUT2D eigenvalue weighted by molar-refractivity contribution is 5.76. The second kappa shape index (κ2) is 7.63. The minimum Gasteiger partial charge on any atom is -0.376 e. The van der Waals surface area contributed by atoms with E-state index in [1.54, 1.807) is 0 Å². The summed E-state index contributed by atoms with van der Waals surface area (Å²) in [6.07, 6.45) is 4.80. The van der Waals surface area contributed by atoms with Gasteiger partial charge in [0, 0.05) is 26.1 Å². The lowest BCUT2D eigenvalue weighted by atomic mass is 10.1. The zero-order valence-corrected chi connectivity index (χ0v) is 10.3. The summed E-state index contributed by atoms with van der Waals surface area (Å²) in [7, 11) is 0. The van der Waals surface area contributed by atoms with E-state index in [4.69, 9.17) is 10.5 Å². The molecule has 0 aliphatic carbocycles. The summed E-state index contributed by atoms with van der Waals surface area (Å²) in [6.45, 7) is 5.15. The van der Waals surface area contributed by atoms with Crippen LogP contribution in [-0.4, -0.2) is 43.2 Å². The molecule has 0 aromatic heterocycles. The molecule has 1 aliphatic heterocycles. The molecular weight excluding hydrogens is 204 g/mol. The van der Waals surface area contributed by atoms with Gasteiger partial charge >= 0.3 is 0 Å². The van der Waals surface area contributed by atoms with Crippen molar-refractivity contribution in [1.82, 2.24) is 4.90 Å². The molecule has 1 aliphatic rings. The van der Waals surface area contributed by atoms with Crippen molar-refractivity contribution < 1.29 is 9.53 Å². The van der Waals surface area contributed by atoms with E-state index < -0.39 is 0 Å². The zero-order chi connectivity index (χ0) is 11.8. The molecule has 16 heavy (non-hydrogen) atoms. The molecule has 1 rings (SSSR count). The van der Waals surface area contributed by atoms with E-state index in [-0.39, 0.29) is 12.0 Å². The summed E-state index contributed by atoms with van der Waals surface area (Å²) < 4.78 is 5.70. The van der Waals surface area contributed by atoms with Crippen LogP contribution in [0.1, 0.15) is 39.0 Å². The molecule has 2 N–H and O–H groups in total. The first kappa shape index (κ1) is 13.5. The van der Waals surface area contributed by atoms with Gasteiger partial charge in [0.2, 0.25) is 5.91 Å². The Bertz CT molecular complexity index is 209. The Morgan fingerprint density at radius 1 is 1.56 bits per heavy atom. The maximum absolute atomic E-state index is 11.8. The van der Waals surface area contributed by atoms with Crippen molar-refractivity contribution in [2.45, 2.75) is 45.1 Å². The standard InChI is InChI=1S/C12H24N2O2/c1-2-9-16-11-5-4-8-14(10-11)12(15)6-3-7-13/h11H,2-10,13H2,1H3. The first-order chi connectivity index (χ1) is 7.77. The van der Waals surface area contributed by atoms with Crippen molar-refractivity contribution in [3.8, 4) is 0 Å². The van der Waals surface area contributed by atoms with Crippen LogP contribution in [0.3, 0.4) is 0 Å². The first-order valence-corrected chi connectivity index (χ1v) is 6.37. The monoisotopic (exact) mass is 228 g/mol. The highest BCUT2D eigenvalue weighted by Gasteiger charge is 2.23. The predicted octanol–water partition coefficient (Wildman–Crippen LogP) is 1.14. The number of hydrogen-bond donors (Lipinski definition) is 1. The van der Waals surface area contributed by atoms with E-state index in [2.05, 4.69) is 6.92 Å². The average molecular weight is 228 g/mol. The second-order valence-corrected chi connectivity index (χ2v) is 4.37. The summed E-state index contributed by atoms with van der Waals surface area (Å²) in [5, 5.41) is 0. The van der Waals surface area contributed by atoms with Crippen LogP contribution in [0.25, 0.3) is 0 Å². The Hall–Kier alpha value is -0.610. The number of rotatable bonds is 6. The summed E-state index contributed by atoms with van der Waals surface area (Å²) in [4.78, 5) is 13.7. The predicted molar refractivity (Wildman–Crippen MR) is 64.1 cm³/mol. The summed E-state index contributed by atoms with van der Waals surface area (Å²) in [5.74, 6) is 0.232. The van der Waals surface area contributed by atoms with Crippen molar-refractivity contribution in [2.75, 3.05) is 26.2 Å². The molecule has 1 amide bonds. The summed E-state index contributed by atoms with van der Waals surface area (Å²) in [6, 6.07) is 0. The number of ether oxygens (including phenoxy) is 1. The lowest BCUT2D eigenvalue weighted by Crippen LogP contribution is -2.43. The van der Waals surface area contributed by atoms with Gasteiger partial charge in [0.25, 0.3) is 0 Å². The molecule has 0 aromatic carbocycles. The molecule has 1 unspecified atom stereocenters. The number of hydrogen-bond acceptors (Lipinski definition) is 3. The molecule has 1 fully saturated rings. The van der Waals surface area contributed by atoms with Gasteiger partial charge in [-0.2, -0.15) is 0 Å². The van der Waals surface area contributed by atoms with Crippen LogP contribution in [0.15, 0.2) is 0 Å². The van der Waals surface area contributed by atoms with E-state index in [1.807, 2.05) is 4.90 Å². The zero-order valence-electron chi connectivity index (χ0n) is 10.3. The number of nitrogens with zero attached hydrogens (tertiary/aromatic N) is 1. The van der Waals surface area contributed by atoms with Crippen LogP contribution < -0.4 is 5.73 Å². The Morgan fingerprint density at radius 3 is 3.06 bits per heavy atom. The van der Waals surface area contributed by atoms with E-state index in [0.29, 0.717) is 13.0 Å². The van der Waals surface area contributed by atoms with Gasteiger partial charge in [0.1, 0.15) is 0 Å². The maximum atomic E-state index is 11.8. The topological polar surface area (TPSA) is 55.6 Å². The SMILES string of the molecule is CCCOC1CCCN(C(=O)CCCN)C1. The third kappa shape index (κ3) is 4.49. The number of likely N-dealkylation sites (tertiary alicyclic amines) is 1. The molecular formula is C12H24N2O2. The number of carbonyl (C=O) groups is 1. The van der Waals surface area contributed by atoms with Gasteiger partial charge in [-0.15, -0.1) is 0 Å². The van der Waals surface area contributed by atoms with Crippen molar-refractivity contribution >= 4 is 5.91 Å². The van der Waals surface area contributed by atoms with E-state index in [1.165, 1.54) is 0 Å². The quantitative estimate of drug-likeness (QED) is 0.742. The first-order valence-electron chi connectivity index (χ1n) is 6.37. The number of piperidine rings is 1. The van der Waals surface area contributed by atoms with E-state index >= 15 is 0 Å². The van der Waals surface area contributed by atoms with Gasteiger partial charge in [-0.05, 0) is 32.2 Å². The highest BCUT2D eigenvalue weighted by atomic mass is 16.5. The molecule has 1 heterocycles. The second-order valence-electron chi connectivity index (χ2n) is 4.37. The largest absolute Gasteiger partial charge is 0.376 e. The van der Waals surface area contributed by atoms with Crippen LogP contribution in [0.4, 0.5) is 0 Å². The summed E-state index contributed by atoms with van der Waals surface area (Å²) in [5.41, 5.74) is 5.40. The Kier molecular flexibility index (Phi) is 6.42. The fourth-order valence-electron chi connectivity index (χ4n) is 2.00. The fourth-order valence-corrected chi connectivity index (χ4v) is 2.00. The molecule has 0 spiro atoms. The van der Waals surface area contributed by atoms with Crippen LogP contribution in [0.2, 0.25) is 0 Å². The fraction of sp³-hybridized carbons (Fsp3) is 0.917. The average Bonchev–Trinajstić information content (AvgIpc) is 2.33. The van der Waals surface area contributed by atoms with Crippen LogP contribution in [-0.2, 0) is 9.53 Å². The number of carbonyl (C=O) groups excluding carboxylic acids is 1. The molecule has 94 valence electrons. The molecule has 4 heteroatoms. The van der Waals surface area contributed by atoms with Gasteiger partial charge in [0.15, 0.2) is 0 Å². The van der Waals surface area contributed by atoms with Gasteiger partial charge in [-0.3, -0.25) is 4.79 Å². The minimum absolute atomic E-state index is 0.232. The van der Waals surface area contributed by atoms with Crippen LogP contribution in [0, 0.1) is 0 Å². The molecule has 0 bridgehead atoms. The highest BCUT2D eigenvalue weighted by Crippen LogP contribution is 2.14. The lowest BCUT2D eigenvalue weighted by Gasteiger charge is -2.32. The third-order valence-corrected chi connectivity index (χ3v) is 2.88. The molecule has 4 nitrogen and oxygen atoms in total. The maximum Gasteiger partial charge on any atom is 0.222 e. The van der Waals surface area contributed by atoms with Crippen molar-refractivity contribution in [2.24, 2.45) is 5.73 Å². The smallest absolute Gasteiger partial charge is 0.222 e. The van der Waals surface area contributed by atoms with Gasteiger partial charge in [-0.25, -0.2) is 0 Å². The molecule has 0 saturated carbocycles. The molecule has 1 saturated heterocycles. The van der Waals surface area contributed by atoms with Crippen LogP contribution >= 0.6 is 0 Å². The normalized spacial score (nSPS) is 21.1. The molecule has 0 radical (unpaired) electrons. The number of nitrogens with two attached hydrogens (primary N) is 1.